The summed E-state index contributed by atoms with van der Waals surface area (Å²) in [6, 6.07) is 5.55. The third kappa shape index (κ3) is 5.69. The molecule has 0 aliphatic carbocycles. The lowest BCUT2D eigenvalue weighted by Gasteiger charge is -2.29. The maximum absolute atomic E-state index is 14.0. The summed E-state index contributed by atoms with van der Waals surface area (Å²) in [7, 11) is -5.19. The summed E-state index contributed by atoms with van der Waals surface area (Å²) < 4.78 is 169. The van der Waals surface area contributed by atoms with Crippen molar-refractivity contribution in [3.63, 3.8) is 0 Å². The number of halogens is 10. The zero-order chi connectivity index (χ0) is 29.6. The van der Waals surface area contributed by atoms with E-state index in [1.165, 1.54) is 0 Å². The molecule has 0 unspecified atom stereocenters. The number of aryl methyl sites for hydroxylation is 1. The Morgan fingerprint density at radius 3 is 2.08 bits per heavy atom. The quantitative estimate of drug-likeness (QED) is 0.124. The fourth-order valence-corrected chi connectivity index (χ4v) is 5.22. The Bertz CT molecular complexity index is 1530. The molecule has 40 heavy (non-hydrogen) atoms. The Morgan fingerprint density at radius 2 is 1.48 bits per heavy atom. The topological polar surface area (TPSA) is 52.6 Å². The average Bonchev–Trinajstić information content (AvgIpc) is 2.90. The maximum Gasteiger partial charge on any atom is 0.416 e. The molecule has 0 radical (unpaired) electrons. The van der Waals surface area contributed by atoms with Crippen molar-refractivity contribution < 1.29 is 61.2 Å². The first-order valence-electron chi connectivity index (χ1n) is 11.3. The third-order valence-corrected chi connectivity index (χ3v) is 7.37. The lowest BCUT2D eigenvalue weighted by Crippen LogP contribution is -2.19. The molecular weight excluding hydrogens is 586 g/mol. The molecule has 3 aromatic carbocycles. The zero-order valence-electron chi connectivity index (χ0n) is 19.8. The second-order valence-electron chi connectivity index (χ2n) is 8.67. The van der Waals surface area contributed by atoms with Crippen molar-refractivity contribution in [3.8, 4) is 11.5 Å². The lowest BCUT2D eigenvalue weighted by molar-refractivity contribution is -0.137. The molecule has 0 saturated carbocycles. The van der Waals surface area contributed by atoms with E-state index in [-0.39, 0.29) is 41.9 Å². The second kappa shape index (κ2) is 10.8. The van der Waals surface area contributed by atoms with E-state index in [0.29, 0.717) is 0 Å². The van der Waals surface area contributed by atoms with E-state index in [9.17, 15) is 52.3 Å². The van der Waals surface area contributed by atoms with Crippen LogP contribution in [-0.4, -0.2) is 21.5 Å². The predicted molar refractivity (Wildman–Crippen MR) is 118 cm³/mol. The molecule has 0 aromatic heterocycles. The Hall–Kier alpha value is -3.49. The summed E-state index contributed by atoms with van der Waals surface area (Å²) in [6.07, 6.45) is -8.44. The van der Waals surface area contributed by atoms with Gasteiger partial charge in [0.15, 0.2) is 0 Å². The number of ether oxygens (including phenoxy) is 1. The van der Waals surface area contributed by atoms with Gasteiger partial charge in [0.2, 0.25) is 41.3 Å². The van der Waals surface area contributed by atoms with Crippen LogP contribution in [0, 0.1) is 29.1 Å². The largest absolute Gasteiger partial charge is 0.493 e. The van der Waals surface area contributed by atoms with Gasteiger partial charge in [-0.1, -0.05) is 12.1 Å². The summed E-state index contributed by atoms with van der Waals surface area (Å²) in [5, 5.41) is 0. The number of benzene rings is 3. The molecule has 0 bridgehead atoms. The van der Waals surface area contributed by atoms with E-state index in [4.69, 9.17) is 4.74 Å². The van der Waals surface area contributed by atoms with Crippen molar-refractivity contribution in [2.45, 2.75) is 42.7 Å². The van der Waals surface area contributed by atoms with Gasteiger partial charge in [-0.3, -0.25) is 0 Å². The smallest absolute Gasteiger partial charge is 0.416 e. The van der Waals surface area contributed by atoms with Gasteiger partial charge in [-0.2, -0.15) is 30.4 Å². The van der Waals surface area contributed by atoms with E-state index in [2.05, 4.69) is 4.18 Å². The fraction of sp³-hybridized carbons (Fsp3) is 0.280. The van der Waals surface area contributed by atoms with Crippen molar-refractivity contribution in [1.82, 2.24) is 0 Å². The van der Waals surface area contributed by atoms with E-state index in [1.54, 1.807) is 0 Å². The molecule has 1 atom stereocenters. The molecule has 3 aromatic rings. The molecule has 1 heterocycles. The van der Waals surface area contributed by atoms with Crippen molar-refractivity contribution in [3.05, 3.63) is 87.7 Å². The standard InChI is InChI=1S/C25H16F10O4S/c26-18(27)6-1-11-9-12(25(33,34)35)2-4-14(11)15-7-8-38-17-10-13(3-5-16(15)17)40(36,37)39-24-22(31)20(29)19(28)21(30)23(24)32/h2-5,9-10,15,18H,1,6-8H2/t15-/m1/s1. The minimum absolute atomic E-state index is 0.000630. The van der Waals surface area contributed by atoms with Gasteiger partial charge in [0.1, 0.15) is 10.6 Å². The summed E-state index contributed by atoms with van der Waals surface area (Å²) >= 11 is 0. The fourth-order valence-electron chi connectivity index (χ4n) is 4.27. The first-order valence-corrected chi connectivity index (χ1v) is 12.7. The van der Waals surface area contributed by atoms with Gasteiger partial charge in [-0.05, 0) is 42.2 Å². The minimum Gasteiger partial charge on any atom is -0.493 e. The average molecular weight is 602 g/mol. The highest BCUT2D eigenvalue weighted by atomic mass is 32.2. The van der Waals surface area contributed by atoms with Crippen molar-refractivity contribution >= 4 is 10.1 Å². The predicted octanol–water partition coefficient (Wildman–Crippen LogP) is 7.28. The highest BCUT2D eigenvalue weighted by molar-refractivity contribution is 7.87. The van der Waals surface area contributed by atoms with Gasteiger partial charge in [-0.15, -0.1) is 0 Å². The molecule has 4 rings (SSSR count). The van der Waals surface area contributed by atoms with Crippen LogP contribution < -0.4 is 8.92 Å². The van der Waals surface area contributed by atoms with Crippen molar-refractivity contribution in [2.24, 2.45) is 0 Å². The molecule has 15 heteroatoms. The first kappa shape index (κ1) is 29.5. The molecule has 216 valence electrons. The molecule has 0 amide bonds. The molecule has 0 fully saturated rings. The lowest BCUT2D eigenvalue weighted by atomic mass is 9.82. The molecule has 1 aliphatic rings. The van der Waals surface area contributed by atoms with Gasteiger partial charge in [0.25, 0.3) is 0 Å². The first-order chi connectivity index (χ1) is 18.6. The van der Waals surface area contributed by atoms with Crippen LogP contribution in [0.5, 0.6) is 11.5 Å². The van der Waals surface area contributed by atoms with Crippen LogP contribution in [0.1, 0.15) is 41.0 Å². The summed E-state index contributed by atoms with van der Waals surface area (Å²) in [6.45, 7) is -0.0883. The summed E-state index contributed by atoms with van der Waals surface area (Å²) in [4.78, 5) is -0.804. The van der Waals surface area contributed by atoms with Crippen LogP contribution in [0.4, 0.5) is 43.9 Å². The van der Waals surface area contributed by atoms with Crippen LogP contribution in [0.25, 0.3) is 0 Å². The van der Waals surface area contributed by atoms with Gasteiger partial charge in [0.05, 0.1) is 12.2 Å². The number of fused-ring (bicyclic) bond motifs is 1. The van der Waals surface area contributed by atoms with Crippen LogP contribution in [-0.2, 0) is 22.7 Å². The SMILES string of the molecule is O=S(=O)(Oc1c(F)c(F)c(F)c(F)c1F)c1ccc2c(c1)OCC[C@@H]2c1ccc(C(F)(F)F)cc1CCC(F)F. The number of hydrogen-bond donors (Lipinski definition) is 0. The van der Waals surface area contributed by atoms with Crippen molar-refractivity contribution in [2.75, 3.05) is 6.61 Å². The minimum atomic E-state index is -5.19. The van der Waals surface area contributed by atoms with Crippen LogP contribution >= 0.6 is 0 Å². The Balaban J connectivity index is 1.72. The number of alkyl halides is 5. The van der Waals surface area contributed by atoms with E-state index in [0.717, 1.165) is 36.4 Å². The van der Waals surface area contributed by atoms with Gasteiger partial charge < -0.3 is 8.92 Å². The molecule has 0 N–H and O–H groups in total. The van der Waals surface area contributed by atoms with E-state index >= 15 is 0 Å². The Morgan fingerprint density at radius 1 is 0.875 bits per heavy atom. The van der Waals surface area contributed by atoms with Gasteiger partial charge in [-0.25, -0.2) is 22.0 Å². The van der Waals surface area contributed by atoms with Crippen LogP contribution in [0.15, 0.2) is 41.3 Å². The van der Waals surface area contributed by atoms with Crippen molar-refractivity contribution in [1.29, 1.82) is 0 Å². The molecular formula is C25H16F10O4S. The van der Waals surface area contributed by atoms with E-state index in [1.807, 2.05) is 0 Å². The molecule has 0 spiro atoms. The Labute approximate surface area is 220 Å². The maximum atomic E-state index is 14.0. The van der Waals surface area contributed by atoms with Gasteiger partial charge in [0, 0.05) is 24.0 Å². The summed E-state index contributed by atoms with van der Waals surface area (Å²) in [5.41, 5.74) is -0.523. The molecule has 4 nitrogen and oxygen atoms in total. The highest BCUT2D eigenvalue weighted by Crippen LogP contribution is 2.42. The second-order valence-corrected chi connectivity index (χ2v) is 10.2. The molecule has 0 saturated heterocycles. The monoisotopic (exact) mass is 602 g/mol. The number of rotatable bonds is 7. The summed E-state index contributed by atoms with van der Waals surface area (Å²) in [5.74, 6) is -15.3. The van der Waals surface area contributed by atoms with E-state index < -0.39 is 80.4 Å². The number of hydrogen-bond acceptors (Lipinski definition) is 4. The normalized spacial score (nSPS) is 15.6. The molecule has 1 aliphatic heterocycles. The highest BCUT2D eigenvalue weighted by Gasteiger charge is 2.34. The van der Waals surface area contributed by atoms with Crippen LogP contribution in [0.2, 0.25) is 0 Å². The van der Waals surface area contributed by atoms with Gasteiger partial charge >= 0.3 is 16.3 Å². The third-order valence-electron chi connectivity index (χ3n) is 6.15. The Kier molecular flexibility index (Phi) is 7.98. The zero-order valence-corrected chi connectivity index (χ0v) is 20.6. The van der Waals surface area contributed by atoms with Crippen LogP contribution in [0.3, 0.4) is 0 Å².